The van der Waals surface area contributed by atoms with E-state index >= 15 is 0 Å². The molecule has 2 rings (SSSR count). The van der Waals surface area contributed by atoms with Gasteiger partial charge in [0.2, 0.25) is 0 Å². The quantitative estimate of drug-likeness (QED) is 0.0174. The fraction of sp³-hybridized carbons (Fsp3) is 0.833. The Morgan fingerprint density at radius 2 is 0.912 bits per heavy atom. The van der Waals surface area contributed by atoms with Gasteiger partial charge in [0.15, 0.2) is 12.6 Å². The van der Waals surface area contributed by atoms with E-state index in [1.165, 1.54) is 83.5 Å². The first-order valence-electron chi connectivity index (χ1n) is 26.7. The number of hydrogen-bond donors (Lipinski definition) is 7. The molecule has 2 heterocycles. The van der Waals surface area contributed by atoms with Crippen LogP contribution in [-0.4, -0.2) is 142 Å². The molecule has 2 aliphatic rings. The van der Waals surface area contributed by atoms with Crippen LogP contribution in [-0.2, 0) is 33.2 Å². The van der Waals surface area contributed by atoms with Crippen molar-refractivity contribution in [3.63, 3.8) is 0 Å². The molecular weight excluding hydrogens is 873 g/mol. The predicted molar refractivity (Wildman–Crippen MR) is 266 cm³/mol. The molecule has 0 aromatic rings. The van der Waals surface area contributed by atoms with Crippen molar-refractivity contribution >= 4 is 5.97 Å². The van der Waals surface area contributed by atoms with Gasteiger partial charge in [-0.1, -0.05) is 152 Å². The Hall–Kier alpha value is -2.05. The van der Waals surface area contributed by atoms with E-state index in [1.807, 2.05) is 0 Å². The zero-order valence-electron chi connectivity index (χ0n) is 42.1. The van der Waals surface area contributed by atoms with Gasteiger partial charge < -0.3 is 64.2 Å². The topological polar surface area (TPSA) is 214 Å². The number of carbonyl (C=O) groups excluding carboxylic acids is 1. The summed E-state index contributed by atoms with van der Waals surface area (Å²) in [6, 6.07) is 0. The molecule has 0 aliphatic carbocycles. The number of esters is 1. The summed E-state index contributed by atoms with van der Waals surface area (Å²) in [7, 11) is 0. The van der Waals surface area contributed by atoms with E-state index in [2.05, 4.69) is 62.5 Å². The zero-order valence-corrected chi connectivity index (χ0v) is 42.1. The van der Waals surface area contributed by atoms with Crippen LogP contribution in [0.4, 0.5) is 0 Å². The van der Waals surface area contributed by atoms with E-state index in [0.29, 0.717) is 13.0 Å². The average Bonchev–Trinajstić information content (AvgIpc) is 3.33. The molecule has 0 saturated carbocycles. The number of allylic oxidation sites excluding steroid dienone is 8. The SMILES string of the molecule is CCCCC/C=C\C/C=C\CCCCCCCC(=O)OC(COCCCCCCCCCC/C=C\C/C=C\CCCCCC)COC1OC(COC2OC(CO)C(O)C(O)C2O)C(O)C(O)C1O. The van der Waals surface area contributed by atoms with Crippen molar-refractivity contribution in [1.82, 2.24) is 0 Å². The Balaban J connectivity index is 1.76. The van der Waals surface area contributed by atoms with E-state index in [1.54, 1.807) is 0 Å². The molecule has 11 atom stereocenters. The van der Waals surface area contributed by atoms with Crippen LogP contribution in [0.5, 0.6) is 0 Å². The molecule has 0 aromatic heterocycles. The summed E-state index contributed by atoms with van der Waals surface area (Å²) in [5, 5.41) is 72.2. The number of rotatable bonds is 42. The van der Waals surface area contributed by atoms with Gasteiger partial charge in [-0.15, -0.1) is 0 Å². The van der Waals surface area contributed by atoms with Gasteiger partial charge in [0.05, 0.1) is 26.4 Å². The van der Waals surface area contributed by atoms with E-state index < -0.39 is 86.7 Å². The fourth-order valence-corrected chi connectivity index (χ4v) is 8.17. The van der Waals surface area contributed by atoms with Crippen LogP contribution in [0.15, 0.2) is 48.6 Å². The third-order valence-corrected chi connectivity index (χ3v) is 12.6. The number of hydrogen-bond acceptors (Lipinski definition) is 14. The lowest BCUT2D eigenvalue weighted by atomic mass is 9.98. The Kier molecular flexibility index (Phi) is 37.9. The van der Waals surface area contributed by atoms with Gasteiger partial charge in [0, 0.05) is 13.0 Å². The molecular formula is C54H96O14. The fourth-order valence-electron chi connectivity index (χ4n) is 8.17. The third kappa shape index (κ3) is 28.7. The molecule has 68 heavy (non-hydrogen) atoms. The first-order chi connectivity index (χ1) is 33.1. The smallest absolute Gasteiger partial charge is 0.306 e. The van der Waals surface area contributed by atoms with Crippen LogP contribution in [0.1, 0.15) is 187 Å². The molecule has 396 valence electrons. The highest BCUT2D eigenvalue weighted by Gasteiger charge is 2.47. The van der Waals surface area contributed by atoms with Gasteiger partial charge in [-0.3, -0.25) is 4.79 Å². The standard InChI is InChI=1S/C54H96O14/c1-3-5-7-9-11-13-15-17-19-20-21-22-24-26-28-30-32-34-36-38-63-40-43(66-46(56)37-35-33-31-29-27-25-23-18-16-14-12-10-8-6-4-2)41-64-53-52(62)50(60)48(58)45(68-53)42-65-54-51(61)49(59)47(57)44(39-55)67-54/h12-15,18-20,23,43-45,47-55,57-62H,3-11,16-17,21-22,24-42H2,1-2H3/b14-12-,15-13-,20-19-,23-18-. The summed E-state index contributed by atoms with van der Waals surface area (Å²) in [4.78, 5) is 13.0. The maximum atomic E-state index is 13.0. The van der Waals surface area contributed by atoms with E-state index in [-0.39, 0.29) is 19.6 Å². The molecule has 7 N–H and O–H groups in total. The third-order valence-electron chi connectivity index (χ3n) is 12.6. The number of ether oxygens (including phenoxy) is 6. The van der Waals surface area contributed by atoms with Crippen molar-refractivity contribution in [2.45, 2.75) is 255 Å². The summed E-state index contributed by atoms with van der Waals surface area (Å²) in [6.07, 6.45) is 31.6. The molecule has 0 bridgehead atoms. The number of carbonyl (C=O) groups is 1. The molecule has 2 aliphatic heterocycles. The molecule has 2 saturated heterocycles. The van der Waals surface area contributed by atoms with E-state index in [9.17, 15) is 40.5 Å². The highest BCUT2D eigenvalue weighted by atomic mass is 16.7. The van der Waals surface area contributed by atoms with Crippen molar-refractivity contribution in [3.05, 3.63) is 48.6 Å². The van der Waals surface area contributed by atoms with Gasteiger partial charge in [-0.25, -0.2) is 0 Å². The Morgan fingerprint density at radius 3 is 1.44 bits per heavy atom. The minimum absolute atomic E-state index is 0.0509. The summed E-state index contributed by atoms with van der Waals surface area (Å²) in [5.41, 5.74) is 0. The molecule has 0 spiro atoms. The van der Waals surface area contributed by atoms with Crippen molar-refractivity contribution in [3.8, 4) is 0 Å². The molecule has 0 aromatic carbocycles. The number of aliphatic hydroxyl groups excluding tert-OH is 7. The second kappa shape index (κ2) is 41.6. The first kappa shape index (κ1) is 62.1. The summed E-state index contributed by atoms with van der Waals surface area (Å²) < 4.78 is 34.3. The second-order valence-corrected chi connectivity index (χ2v) is 18.7. The largest absolute Gasteiger partial charge is 0.457 e. The van der Waals surface area contributed by atoms with Crippen LogP contribution in [0.25, 0.3) is 0 Å². The lowest BCUT2D eigenvalue weighted by Gasteiger charge is -2.42. The van der Waals surface area contributed by atoms with Crippen LogP contribution in [0, 0.1) is 0 Å². The Morgan fingerprint density at radius 1 is 0.485 bits per heavy atom. The molecule has 14 heteroatoms. The van der Waals surface area contributed by atoms with Crippen molar-refractivity contribution in [2.24, 2.45) is 0 Å². The molecule has 11 unspecified atom stereocenters. The summed E-state index contributed by atoms with van der Waals surface area (Å²) in [5.74, 6) is -0.393. The highest BCUT2D eigenvalue weighted by Crippen LogP contribution is 2.26. The molecule has 14 nitrogen and oxygen atoms in total. The van der Waals surface area contributed by atoms with Gasteiger partial charge in [0.25, 0.3) is 0 Å². The Bertz CT molecular complexity index is 1310. The van der Waals surface area contributed by atoms with Crippen molar-refractivity contribution in [1.29, 1.82) is 0 Å². The van der Waals surface area contributed by atoms with Crippen molar-refractivity contribution in [2.75, 3.05) is 33.0 Å². The van der Waals surface area contributed by atoms with E-state index in [4.69, 9.17) is 28.4 Å². The number of unbranched alkanes of at least 4 members (excludes halogenated alkanes) is 20. The monoisotopic (exact) mass is 969 g/mol. The average molecular weight is 969 g/mol. The highest BCUT2D eigenvalue weighted by molar-refractivity contribution is 5.69. The molecule has 2 fully saturated rings. The van der Waals surface area contributed by atoms with Crippen molar-refractivity contribution < 1.29 is 69.0 Å². The minimum Gasteiger partial charge on any atom is -0.457 e. The summed E-state index contributed by atoms with van der Waals surface area (Å²) in [6.45, 7) is 3.61. The first-order valence-corrected chi connectivity index (χ1v) is 26.7. The zero-order chi connectivity index (χ0) is 49.5. The van der Waals surface area contributed by atoms with Gasteiger partial charge in [-0.2, -0.15) is 0 Å². The lowest BCUT2D eigenvalue weighted by molar-refractivity contribution is -0.332. The summed E-state index contributed by atoms with van der Waals surface area (Å²) >= 11 is 0. The van der Waals surface area contributed by atoms with Gasteiger partial charge in [0.1, 0.15) is 54.9 Å². The Labute approximate surface area is 410 Å². The van der Waals surface area contributed by atoms with Crippen LogP contribution in [0.3, 0.4) is 0 Å². The number of aliphatic hydroxyl groups is 7. The second-order valence-electron chi connectivity index (χ2n) is 18.7. The lowest BCUT2D eigenvalue weighted by Crippen LogP contribution is -2.61. The maximum absolute atomic E-state index is 13.0. The van der Waals surface area contributed by atoms with Crippen LogP contribution >= 0.6 is 0 Å². The predicted octanol–water partition coefficient (Wildman–Crippen LogP) is 8.35. The van der Waals surface area contributed by atoms with E-state index in [0.717, 1.165) is 77.0 Å². The molecule has 0 radical (unpaired) electrons. The van der Waals surface area contributed by atoms with Gasteiger partial charge in [-0.05, 0) is 77.0 Å². The maximum Gasteiger partial charge on any atom is 0.306 e. The normalized spacial score (nSPS) is 26.2. The van der Waals surface area contributed by atoms with Crippen LogP contribution in [0.2, 0.25) is 0 Å². The van der Waals surface area contributed by atoms with Gasteiger partial charge >= 0.3 is 5.97 Å². The minimum atomic E-state index is -1.71. The van der Waals surface area contributed by atoms with Crippen LogP contribution < -0.4 is 0 Å². The molecule has 0 amide bonds.